The topological polar surface area (TPSA) is 38.5 Å². The summed E-state index contributed by atoms with van der Waals surface area (Å²) < 4.78 is 5.94. The molecule has 0 aromatic carbocycles. The van der Waals surface area contributed by atoms with Gasteiger partial charge >= 0.3 is 0 Å². The molecule has 100 valence electrons. The van der Waals surface area contributed by atoms with Crippen LogP contribution in [-0.2, 0) is 4.74 Å². The summed E-state index contributed by atoms with van der Waals surface area (Å²) in [4.78, 5) is 2.69. The van der Waals surface area contributed by atoms with Gasteiger partial charge in [0.15, 0.2) is 0 Å². The van der Waals surface area contributed by atoms with Crippen LogP contribution in [-0.4, -0.2) is 42.3 Å². The fourth-order valence-electron chi connectivity index (χ4n) is 3.48. The molecule has 0 radical (unpaired) electrons. The number of nitrogens with zero attached hydrogens (tertiary/aromatic N) is 1. The average molecular weight is 240 g/mol. The Morgan fingerprint density at radius 1 is 1.47 bits per heavy atom. The molecule has 2 rings (SSSR count). The Balaban J connectivity index is 1.98. The van der Waals surface area contributed by atoms with Gasteiger partial charge in [-0.2, -0.15) is 0 Å². The lowest BCUT2D eigenvalue weighted by Crippen LogP contribution is -2.48. The maximum atomic E-state index is 5.94. The number of rotatable bonds is 3. The molecule has 0 spiro atoms. The first-order valence-electron chi connectivity index (χ1n) is 7.17. The van der Waals surface area contributed by atoms with Crippen molar-refractivity contribution in [3.8, 4) is 0 Å². The minimum absolute atomic E-state index is 0.101. The molecule has 2 saturated heterocycles. The van der Waals surface area contributed by atoms with Crippen molar-refractivity contribution >= 4 is 0 Å². The first-order chi connectivity index (χ1) is 8.08. The van der Waals surface area contributed by atoms with Crippen LogP contribution < -0.4 is 5.73 Å². The zero-order valence-corrected chi connectivity index (χ0v) is 11.6. The van der Waals surface area contributed by atoms with E-state index in [4.69, 9.17) is 10.5 Å². The molecule has 2 aliphatic rings. The van der Waals surface area contributed by atoms with Crippen molar-refractivity contribution in [3.05, 3.63) is 0 Å². The Kier molecular flexibility index (Phi) is 4.11. The number of nitrogens with two attached hydrogens (primary N) is 1. The van der Waals surface area contributed by atoms with Gasteiger partial charge in [-0.25, -0.2) is 0 Å². The summed E-state index contributed by atoms with van der Waals surface area (Å²) in [7, 11) is 0. The number of ether oxygens (including phenoxy) is 1. The summed E-state index contributed by atoms with van der Waals surface area (Å²) in [5, 5.41) is 0. The third-order valence-corrected chi connectivity index (χ3v) is 4.83. The van der Waals surface area contributed by atoms with Crippen molar-refractivity contribution in [1.82, 2.24) is 4.90 Å². The molecular formula is C14H28N2O. The molecule has 0 saturated carbocycles. The summed E-state index contributed by atoms with van der Waals surface area (Å²) in [6, 6.07) is 1.41. The number of hydrogen-bond acceptors (Lipinski definition) is 3. The number of hydrogen-bond donors (Lipinski definition) is 1. The molecule has 2 fully saturated rings. The Bertz CT molecular complexity index is 259. The monoisotopic (exact) mass is 240 g/mol. The maximum absolute atomic E-state index is 5.94. The molecule has 0 aromatic heterocycles. The van der Waals surface area contributed by atoms with Gasteiger partial charge in [0.1, 0.15) is 0 Å². The third kappa shape index (κ3) is 2.83. The Labute approximate surface area is 106 Å². The molecule has 0 amide bonds. The lowest BCUT2D eigenvalue weighted by Gasteiger charge is -2.43. The van der Waals surface area contributed by atoms with Crippen LogP contribution >= 0.6 is 0 Å². The van der Waals surface area contributed by atoms with Gasteiger partial charge in [-0.3, -0.25) is 4.90 Å². The molecule has 2 aliphatic heterocycles. The predicted molar refractivity (Wildman–Crippen MR) is 71.0 cm³/mol. The minimum Gasteiger partial charge on any atom is -0.375 e. The highest BCUT2D eigenvalue weighted by atomic mass is 16.5. The SMILES string of the molecule is CCC1(C)CC(N2CC(CN)CC2C)CCO1. The summed E-state index contributed by atoms with van der Waals surface area (Å²) in [6.45, 7) is 9.82. The van der Waals surface area contributed by atoms with Gasteiger partial charge in [0.25, 0.3) is 0 Å². The lowest BCUT2D eigenvalue weighted by molar-refractivity contribution is -0.0976. The highest BCUT2D eigenvalue weighted by Crippen LogP contribution is 2.34. The van der Waals surface area contributed by atoms with Gasteiger partial charge in [-0.05, 0) is 52.0 Å². The molecule has 0 aliphatic carbocycles. The fourth-order valence-corrected chi connectivity index (χ4v) is 3.48. The first-order valence-corrected chi connectivity index (χ1v) is 7.17. The molecule has 0 aromatic rings. The predicted octanol–water partition coefficient (Wildman–Crippen LogP) is 2.00. The fraction of sp³-hybridized carbons (Fsp3) is 1.00. The Morgan fingerprint density at radius 2 is 2.24 bits per heavy atom. The second kappa shape index (κ2) is 5.25. The smallest absolute Gasteiger partial charge is 0.0666 e. The van der Waals surface area contributed by atoms with Gasteiger partial charge < -0.3 is 10.5 Å². The molecule has 0 bridgehead atoms. The highest BCUT2D eigenvalue weighted by molar-refractivity contribution is 4.93. The molecule has 4 unspecified atom stereocenters. The molecule has 3 heteroatoms. The van der Waals surface area contributed by atoms with Gasteiger partial charge in [-0.1, -0.05) is 6.92 Å². The van der Waals surface area contributed by atoms with Crippen LogP contribution in [0.3, 0.4) is 0 Å². The largest absolute Gasteiger partial charge is 0.375 e. The van der Waals surface area contributed by atoms with Crippen molar-refractivity contribution in [2.75, 3.05) is 19.7 Å². The Morgan fingerprint density at radius 3 is 2.82 bits per heavy atom. The zero-order valence-electron chi connectivity index (χ0n) is 11.6. The maximum Gasteiger partial charge on any atom is 0.0666 e. The van der Waals surface area contributed by atoms with Crippen LogP contribution in [0.5, 0.6) is 0 Å². The molecule has 17 heavy (non-hydrogen) atoms. The van der Waals surface area contributed by atoms with Gasteiger partial charge in [0, 0.05) is 25.2 Å². The van der Waals surface area contributed by atoms with Crippen LogP contribution in [0.25, 0.3) is 0 Å². The van der Waals surface area contributed by atoms with E-state index in [9.17, 15) is 0 Å². The van der Waals surface area contributed by atoms with E-state index in [1.165, 1.54) is 25.8 Å². The third-order valence-electron chi connectivity index (χ3n) is 4.83. The van der Waals surface area contributed by atoms with Crippen molar-refractivity contribution in [2.24, 2.45) is 11.7 Å². The lowest BCUT2D eigenvalue weighted by atomic mass is 9.89. The van der Waals surface area contributed by atoms with Crippen LogP contribution in [0.15, 0.2) is 0 Å². The molecule has 3 nitrogen and oxygen atoms in total. The van der Waals surface area contributed by atoms with E-state index in [1.807, 2.05) is 0 Å². The van der Waals surface area contributed by atoms with Crippen LogP contribution in [0.2, 0.25) is 0 Å². The molecule has 2 heterocycles. The van der Waals surface area contributed by atoms with E-state index in [0.29, 0.717) is 18.0 Å². The van der Waals surface area contributed by atoms with Gasteiger partial charge in [-0.15, -0.1) is 0 Å². The molecule has 2 N–H and O–H groups in total. The molecular weight excluding hydrogens is 212 g/mol. The zero-order chi connectivity index (χ0) is 12.5. The standard InChI is InChI=1S/C14H28N2O/c1-4-14(3)8-13(5-6-17-14)16-10-12(9-15)7-11(16)2/h11-13H,4-10,15H2,1-3H3. The van der Waals surface area contributed by atoms with E-state index in [0.717, 1.165) is 19.6 Å². The first kappa shape index (κ1) is 13.3. The van der Waals surface area contributed by atoms with Crippen LogP contribution in [0.1, 0.15) is 46.5 Å². The van der Waals surface area contributed by atoms with Gasteiger partial charge in [0.2, 0.25) is 0 Å². The minimum atomic E-state index is 0.101. The second-order valence-corrected chi connectivity index (χ2v) is 6.18. The van der Waals surface area contributed by atoms with E-state index < -0.39 is 0 Å². The van der Waals surface area contributed by atoms with Crippen LogP contribution in [0.4, 0.5) is 0 Å². The van der Waals surface area contributed by atoms with Crippen molar-refractivity contribution < 1.29 is 4.74 Å². The average Bonchev–Trinajstić information content (AvgIpc) is 2.71. The summed E-state index contributed by atoms with van der Waals surface area (Å²) in [6.07, 6.45) is 4.77. The van der Waals surface area contributed by atoms with Crippen molar-refractivity contribution in [3.63, 3.8) is 0 Å². The number of likely N-dealkylation sites (tertiary alicyclic amines) is 1. The normalized spacial score (nSPS) is 44.1. The van der Waals surface area contributed by atoms with Crippen LogP contribution in [0, 0.1) is 5.92 Å². The summed E-state index contributed by atoms with van der Waals surface area (Å²) >= 11 is 0. The molecule has 4 atom stereocenters. The van der Waals surface area contributed by atoms with E-state index in [2.05, 4.69) is 25.7 Å². The van der Waals surface area contributed by atoms with Crippen molar-refractivity contribution in [2.45, 2.75) is 64.1 Å². The summed E-state index contributed by atoms with van der Waals surface area (Å²) in [5.74, 6) is 0.709. The second-order valence-electron chi connectivity index (χ2n) is 6.18. The van der Waals surface area contributed by atoms with Gasteiger partial charge in [0.05, 0.1) is 5.60 Å². The van der Waals surface area contributed by atoms with E-state index in [1.54, 1.807) is 0 Å². The van der Waals surface area contributed by atoms with E-state index >= 15 is 0 Å². The van der Waals surface area contributed by atoms with Crippen molar-refractivity contribution in [1.29, 1.82) is 0 Å². The summed E-state index contributed by atoms with van der Waals surface area (Å²) in [5.41, 5.74) is 5.92. The Hall–Kier alpha value is -0.120. The quantitative estimate of drug-likeness (QED) is 0.820. The highest BCUT2D eigenvalue weighted by Gasteiger charge is 2.39. The van der Waals surface area contributed by atoms with E-state index in [-0.39, 0.29) is 5.60 Å².